The highest BCUT2D eigenvalue weighted by atomic mass is 79.9. The number of hydrogen-bond donors (Lipinski definition) is 0. The number of methoxy groups -OCH3 is 2. The predicted octanol–water partition coefficient (Wildman–Crippen LogP) is 2.21. The summed E-state index contributed by atoms with van der Waals surface area (Å²) < 4.78 is 14.8. The zero-order chi connectivity index (χ0) is 19.3. The minimum Gasteiger partial charge on any atom is -0.481 e. The number of carbonyl (C=O) groups excluding carboxylic acids is 4. The molecule has 1 saturated heterocycles. The molecule has 138 valence electrons. The van der Waals surface area contributed by atoms with Crippen LogP contribution in [0.1, 0.15) is 5.56 Å². The van der Waals surface area contributed by atoms with Gasteiger partial charge in [0.05, 0.1) is 23.6 Å². The van der Waals surface area contributed by atoms with Crippen molar-refractivity contribution >= 4 is 56.9 Å². The van der Waals surface area contributed by atoms with E-state index >= 15 is 0 Å². The maximum atomic E-state index is 12.3. The van der Waals surface area contributed by atoms with Crippen molar-refractivity contribution in [3.8, 4) is 5.75 Å². The van der Waals surface area contributed by atoms with E-state index in [1.54, 1.807) is 18.2 Å². The van der Waals surface area contributed by atoms with Crippen LogP contribution in [0.2, 0.25) is 0 Å². The van der Waals surface area contributed by atoms with Crippen molar-refractivity contribution in [2.24, 2.45) is 0 Å². The van der Waals surface area contributed by atoms with Crippen LogP contribution in [0.25, 0.3) is 6.08 Å². The van der Waals surface area contributed by atoms with Gasteiger partial charge in [-0.1, -0.05) is 6.07 Å². The van der Waals surface area contributed by atoms with Crippen LogP contribution in [0, 0.1) is 0 Å². The third kappa shape index (κ3) is 4.85. The monoisotopic (exact) mass is 443 g/mol. The van der Waals surface area contributed by atoms with E-state index in [1.165, 1.54) is 20.3 Å². The summed E-state index contributed by atoms with van der Waals surface area (Å²) in [5.74, 6) is -1.33. The molecule has 0 aliphatic carbocycles. The Bertz CT molecular complexity index is 793. The second-order valence-corrected chi connectivity index (χ2v) is 6.75. The number of amides is 2. The Hall–Kier alpha value is -2.33. The summed E-state index contributed by atoms with van der Waals surface area (Å²) in [7, 11) is 2.44. The SMILES string of the molecule is COC(=O)COc1ccc(/C=C2/SC(=O)N(CC(=O)OC)C2=O)cc1Br. The van der Waals surface area contributed by atoms with Crippen LogP contribution < -0.4 is 4.74 Å². The Balaban J connectivity index is 2.13. The first-order valence-electron chi connectivity index (χ1n) is 7.17. The van der Waals surface area contributed by atoms with Crippen molar-refractivity contribution in [3.05, 3.63) is 33.1 Å². The Morgan fingerprint density at radius 2 is 1.88 bits per heavy atom. The minimum absolute atomic E-state index is 0.189. The molecule has 1 aromatic carbocycles. The lowest BCUT2D eigenvalue weighted by Gasteiger charge is -2.10. The maximum Gasteiger partial charge on any atom is 0.343 e. The summed E-state index contributed by atoms with van der Waals surface area (Å²) in [6.45, 7) is -0.663. The molecule has 1 aromatic rings. The van der Waals surface area contributed by atoms with Gasteiger partial charge in [0.1, 0.15) is 12.3 Å². The average molecular weight is 444 g/mol. The molecule has 0 bridgehead atoms. The third-order valence-corrected chi connectivity index (χ3v) is 4.74. The lowest BCUT2D eigenvalue weighted by Crippen LogP contribution is -2.34. The van der Waals surface area contributed by atoms with E-state index in [0.29, 0.717) is 15.8 Å². The molecule has 0 unspecified atom stereocenters. The fourth-order valence-corrected chi connectivity index (χ4v) is 3.25. The fraction of sp³-hybridized carbons (Fsp3) is 0.250. The summed E-state index contributed by atoms with van der Waals surface area (Å²) in [4.78, 5) is 47.5. The van der Waals surface area contributed by atoms with E-state index in [9.17, 15) is 19.2 Å². The number of imide groups is 1. The van der Waals surface area contributed by atoms with Crippen molar-refractivity contribution in [1.29, 1.82) is 0 Å². The molecule has 0 radical (unpaired) electrons. The highest BCUT2D eigenvalue weighted by Crippen LogP contribution is 2.33. The number of halogens is 1. The lowest BCUT2D eigenvalue weighted by molar-refractivity contribution is -0.143. The van der Waals surface area contributed by atoms with Crippen molar-refractivity contribution in [2.75, 3.05) is 27.4 Å². The zero-order valence-electron chi connectivity index (χ0n) is 13.8. The van der Waals surface area contributed by atoms with Crippen molar-refractivity contribution < 1.29 is 33.4 Å². The molecule has 2 amide bonds. The predicted molar refractivity (Wildman–Crippen MR) is 96.3 cm³/mol. The van der Waals surface area contributed by atoms with Gasteiger partial charge in [0, 0.05) is 0 Å². The van der Waals surface area contributed by atoms with E-state index in [2.05, 4.69) is 25.4 Å². The number of nitrogens with zero attached hydrogens (tertiary/aromatic N) is 1. The molecule has 8 nitrogen and oxygen atoms in total. The topological polar surface area (TPSA) is 99.2 Å². The van der Waals surface area contributed by atoms with Gasteiger partial charge < -0.3 is 14.2 Å². The number of hydrogen-bond acceptors (Lipinski definition) is 8. The van der Waals surface area contributed by atoms with E-state index in [0.717, 1.165) is 16.7 Å². The minimum atomic E-state index is -0.677. The second kappa shape index (κ2) is 8.86. The highest BCUT2D eigenvalue weighted by Gasteiger charge is 2.36. The molecule has 1 heterocycles. The molecule has 26 heavy (non-hydrogen) atoms. The molecule has 0 N–H and O–H groups in total. The Labute approximate surface area is 161 Å². The molecule has 0 spiro atoms. The Morgan fingerprint density at radius 3 is 2.50 bits per heavy atom. The molecule has 10 heteroatoms. The van der Waals surface area contributed by atoms with Gasteiger partial charge in [0.2, 0.25) is 0 Å². The molecule has 0 atom stereocenters. The summed E-state index contributed by atoms with van der Waals surface area (Å²) in [6.07, 6.45) is 1.52. The van der Waals surface area contributed by atoms with Gasteiger partial charge in [-0.05, 0) is 51.5 Å². The normalized spacial score (nSPS) is 15.3. The van der Waals surface area contributed by atoms with Gasteiger partial charge in [0.15, 0.2) is 6.61 Å². The van der Waals surface area contributed by atoms with Crippen LogP contribution in [0.4, 0.5) is 4.79 Å². The number of esters is 2. The first-order chi connectivity index (χ1) is 12.3. The van der Waals surface area contributed by atoms with Gasteiger partial charge >= 0.3 is 11.9 Å². The molecular weight excluding hydrogens is 430 g/mol. The number of thioether (sulfide) groups is 1. The van der Waals surface area contributed by atoms with Crippen molar-refractivity contribution in [1.82, 2.24) is 4.90 Å². The fourth-order valence-electron chi connectivity index (χ4n) is 1.90. The van der Waals surface area contributed by atoms with Crippen LogP contribution >= 0.6 is 27.7 Å². The van der Waals surface area contributed by atoms with Gasteiger partial charge in [-0.3, -0.25) is 19.3 Å². The molecular formula is C16H14BrNO7S. The number of ether oxygens (including phenoxy) is 3. The van der Waals surface area contributed by atoms with Gasteiger partial charge in [-0.15, -0.1) is 0 Å². The quantitative estimate of drug-likeness (QED) is 0.487. The molecule has 1 aliphatic heterocycles. The van der Waals surface area contributed by atoms with Gasteiger partial charge in [-0.25, -0.2) is 4.79 Å². The van der Waals surface area contributed by atoms with Crippen molar-refractivity contribution in [2.45, 2.75) is 0 Å². The number of benzene rings is 1. The van der Waals surface area contributed by atoms with Gasteiger partial charge in [0.25, 0.3) is 11.1 Å². The summed E-state index contributed by atoms with van der Waals surface area (Å²) >= 11 is 4.05. The first kappa shape index (κ1) is 20.0. The molecule has 2 rings (SSSR count). The highest BCUT2D eigenvalue weighted by molar-refractivity contribution is 9.10. The summed E-state index contributed by atoms with van der Waals surface area (Å²) in [5.41, 5.74) is 0.630. The van der Waals surface area contributed by atoms with Crippen LogP contribution in [0.5, 0.6) is 5.75 Å². The number of rotatable bonds is 6. The van der Waals surface area contributed by atoms with Gasteiger partial charge in [-0.2, -0.15) is 0 Å². The molecule has 0 aromatic heterocycles. The van der Waals surface area contributed by atoms with Crippen LogP contribution in [-0.4, -0.2) is 55.4 Å². The lowest BCUT2D eigenvalue weighted by atomic mass is 10.2. The first-order valence-corrected chi connectivity index (χ1v) is 8.78. The van der Waals surface area contributed by atoms with E-state index in [-0.39, 0.29) is 11.5 Å². The largest absolute Gasteiger partial charge is 0.481 e. The number of carbonyl (C=O) groups is 4. The van der Waals surface area contributed by atoms with E-state index in [4.69, 9.17) is 4.74 Å². The molecule has 0 saturated carbocycles. The zero-order valence-corrected chi connectivity index (χ0v) is 16.2. The summed E-state index contributed by atoms with van der Waals surface area (Å²) in [6, 6.07) is 4.93. The molecule has 1 fully saturated rings. The van der Waals surface area contributed by atoms with Crippen molar-refractivity contribution in [3.63, 3.8) is 0 Å². The van der Waals surface area contributed by atoms with E-state index in [1.807, 2.05) is 0 Å². The Morgan fingerprint density at radius 1 is 1.19 bits per heavy atom. The smallest absolute Gasteiger partial charge is 0.343 e. The average Bonchev–Trinajstić information content (AvgIpc) is 2.87. The Kier molecular flexibility index (Phi) is 6.81. The maximum absolute atomic E-state index is 12.3. The summed E-state index contributed by atoms with van der Waals surface area (Å²) in [5, 5.41) is -0.538. The van der Waals surface area contributed by atoms with Crippen LogP contribution in [0.15, 0.2) is 27.6 Å². The second-order valence-electron chi connectivity index (χ2n) is 4.90. The van der Waals surface area contributed by atoms with Crippen LogP contribution in [-0.2, 0) is 23.9 Å². The third-order valence-electron chi connectivity index (χ3n) is 3.22. The van der Waals surface area contributed by atoms with Crippen LogP contribution in [0.3, 0.4) is 0 Å². The standard InChI is InChI=1S/C16H14BrNO7S/c1-23-13(19)7-18-15(21)12(26-16(18)22)6-9-3-4-11(10(17)5-9)25-8-14(20)24-2/h3-6H,7-8H2,1-2H3/b12-6+. The molecule has 1 aliphatic rings. The van der Waals surface area contributed by atoms with E-state index < -0.39 is 29.6 Å².